The number of amides is 1. The molecule has 2 N–H and O–H groups in total. The highest BCUT2D eigenvalue weighted by molar-refractivity contribution is 5.85. The molecule has 3 heteroatoms. The maximum Gasteiger partial charge on any atom is 0.228 e. The van der Waals surface area contributed by atoms with Crippen LogP contribution < -0.4 is 5.73 Å². The summed E-state index contributed by atoms with van der Waals surface area (Å²) in [7, 11) is 0. The monoisotopic (exact) mass is 272 g/mol. The molecule has 1 aliphatic heterocycles. The molecule has 0 spiro atoms. The van der Waals surface area contributed by atoms with Gasteiger partial charge in [-0.05, 0) is 24.8 Å². The van der Waals surface area contributed by atoms with E-state index in [-0.39, 0.29) is 17.4 Å². The Morgan fingerprint density at radius 2 is 2.00 bits per heavy atom. The molecule has 2 aliphatic rings. The van der Waals surface area contributed by atoms with Crippen LogP contribution >= 0.6 is 0 Å². The van der Waals surface area contributed by atoms with Crippen LogP contribution in [0.3, 0.4) is 0 Å². The minimum Gasteiger partial charge on any atom is -0.340 e. The maximum atomic E-state index is 12.7. The topological polar surface area (TPSA) is 46.3 Å². The van der Waals surface area contributed by atoms with Gasteiger partial charge in [0, 0.05) is 30.5 Å². The number of benzene rings is 1. The van der Waals surface area contributed by atoms with Gasteiger partial charge >= 0.3 is 0 Å². The number of rotatable bonds is 4. The van der Waals surface area contributed by atoms with Crippen LogP contribution in [-0.4, -0.2) is 29.9 Å². The molecule has 0 aromatic heterocycles. The predicted octanol–water partition coefficient (Wildman–Crippen LogP) is 2.52. The van der Waals surface area contributed by atoms with E-state index in [2.05, 4.69) is 19.1 Å². The highest BCUT2D eigenvalue weighted by Crippen LogP contribution is 2.51. The number of carbonyl (C=O) groups is 1. The zero-order chi connectivity index (χ0) is 14.2. The van der Waals surface area contributed by atoms with Crippen molar-refractivity contribution < 1.29 is 4.79 Å². The standard InChI is InChI=1S/C17H24N2O/c1-2-8-17(9-10-17)16(20)19-11-14(15(18)12-19)13-6-4-3-5-7-13/h3-7,14-15H,2,8-12,18H2,1H3/t14-,15+/m0/s1. The van der Waals surface area contributed by atoms with E-state index in [1.807, 2.05) is 23.1 Å². The molecular weight excluding hydrogens is 248 g/mol. The van der Waals surface area contributed by atoms with Crippen LogP contribution in [0.15, 0.2) is 30.3 Å². The van der Waals surface area contributed by atoms with Gasteiger partial charge in [-0.2, -0.15) is 0 Å². The van der Waals surface area contributed by atoms with Gasteiger partial charge in [-0.3, -0.25) is 4.79 Å². The lowest BCUT2D eigenvalue weighted by Crippen LogP contribution is -2.37. The molecule has 1 aliphatic carbocycles. The van der Waals surface area contributed by atoms with E-state index in [9.17, 15) is 4.79 Å². The lowest BCUT2D eigenvalue weighted by atomic mass is 9.95. The first-order valence-electron chi connectivity index (χ1n) is 7.76. The summed E-state index contributed by atoms with van der Waals surface area (Å²) in [5, 5.41) is 0. The minimum absolute atomic E-state index is 0.0277. The van der Waals surface area contributed by atoms with Crippen LogP contribution in [-0.2, 0) is 4.79 Å². The highest BCUT2D eigenvalue weighted by atomic mass is 16.2. The molecule has 2 atom stereocenters. The Hall–Kier alpha value is -1.35. The van der Waals surface area contributed by atoms with Crippen LogP contribution in [0.2, 0.25) is 0 Å². The Kier molecular flexibility index (Phi) is 3.55. The molecule has 108 valence electrons. The molecule has 0 unspecified atom stereocenters. The second-order valence-corrected chi connectivity index (χ2v) is 6.42. The zero-order valence-corrected chi connectivity index (χ0v) is 12.2. The molecule has 1 aromatic rings. The molecule has 20 heavy (non-hydrogen) atoms. The molecule has 3 nitrogen and oxygen atoms in total. The molecule has 1 aromatic carbocycles. The quantitative estimate of drug-likeness (QED) is 0.915. The van der Waals surface area contributed by atoms with Gasteiger partial charge in [-0.25, -0.2) is 0 Å². The molecule has 0 bridgehead atoms. The lowest BCUT2D eigenvalue weighted by Gasteiger charge is -2.23. The van der Waals surface area contributed by atoms with Crippen LogP contribution in [0.4, 0.5) is 0 Å². The summed E-state index contributed by atoms with van der Waals surface area (Å²) in [5.41, 5.74) is 7.52. The Balaban J connectivity index is 1.71. The van der Waals surface area contributed by atoms with Gasteiger partial charge in [0.15, 0.2) is 0 Å². The van der Waals surface area contributed by atoms with E-state index in [0.29, 0.717) is 12.5 Å². The maximum absolute atomic E-state index is 12.7. The average Bonchev–Trinajstić information content (AvgIpc) is 3.15. The summed E-state index contributed by atoms with van der Waals surface area (Å²) in [6, 6.07) is 10.4. The van der Waals surface area contributed by atoms with E-state index < -0.39 is 0 Å². The van der Waals surface area contributed by atoms with Crippen LogP contribution in [0.5, 0.6) is 0 Å². The SMILES string of the molecule is CCCC1(C(=O)N2C[C@@H](N)[C@H](c3ccccc3)C2)CC1. The first-order valence-corrected chi connectivity index (χ1v) is 7.76. The molecule has 0 radical (unpaired) electrons. The average molecular weight is 272 g/mol. The smallest absolute Gasteiger partial charge is 0.228 e. The Morgan fingerprint density at radius 1 is 1.30 bits per heavy atom. The van der Waals surface area contributed by atoms with Crippen molar-refractivity contribution in [3.05, 3.63) is 35.9 Å². The van der Waals surface area contributed by atoms with Crippen molar-refractivity contribution in [3.63, 3.8) is 0 Å². The summed E-state index contributed by atoms with van der Waals surface area (Å²) in [6.07, 6.45) is 4.27. The van der Waals surface area contributed by atoms with Gasteiger partial charge < -0.3 is 10.6 Å². The second-order valence-electron chi connectivity index (χ2n) is 6.42. The van der Waals surface area contributed by atoms with Crippen LogP contribution in [0.1, 0.15) is 44.1 Å². The Labute approximate surface area is 121 Å². The molecule has 1 amide bonds. The number of likely N-dealkylation sites (tertiary alicyclic amines) is 1. The minimum atomic E-state index is -0.0277. The molecular formula is C17H24N2O. The Morgan fingerprint density at radius 3 is 2.60 bits per heavy atom. The fraction of sp³-hybridized carbons (Fsp3) is 0.588. The summed E-state index contributed by atoms with van der Waals surface area (Å²) in [6.45, 7) is 3.66. The van der Waals surface area contributed by atoms with Crippen LogP contribution in [0, 0.1) is 5.41 Å². The first-order chi connectivity index (χ1) is 9.66. The number of nitrogens with zero attached hydrogens (tertiary/aromatic N) is 1. The van der Waals surface area contributed by atoms with E-state index in [1.165, 1.54) is 5.56 Å². The van der Waals surface area contributed by atoms with Gasteiger partial charge in [-0.15, -0.1) is 0 Å². The normalized spacial score (nSPS) is 27.6. The number of carbonyl (C=O) groups excluding carboxylic acids is 1. The van der Waals surface area contributed by atoms with E-state index in [4.69, 9.17) is 5.73 Å². The summed E-state index contributed by atoms with van der Waals surface area (Å²) in [4.78, 5) is 14.7. The highest BCUT2D eigenvalue weighted by Gasteiger charge is 2.52. The first kappa shape index (κ1) is 13.6. The molecule has 1 saturated carbocycles. The predicted molar refractivity (Wildman–Crippen MR) is 80.3 cm³/mol. The molecule has 1 heterocycles. The lowest BCUT2D eigenvalue weighted by molar-refractivity contribution is -0.136. The summed E-state index contributed by atoms with van der Waals surface area (Å²) < 4.78 is 0. The third-order valence-corrected chi connectivity index (χ3v) is 4.92. The van der Waals surface area contributed by atoms with Gasteiger partial charge in [0.25, 0.3) is 0 Å². The van der Waals surface area contributed by atoms with Gasteiger partial charge in [0.05, 0.1) is 0 Å². The third kappa shape index (κ3) is 2.35. The number of hydrogen-bond acceptors (Lipinski definition) is 2. The van der Waals surface area contributed by atoms with Crippen molar-refractivity contribution in [1.29, 1.82) is 0 Å². The van der Waals surface area contributed by atoms with E-state index in [0.717, 1.165) is 32.2 Å². The summed E-state index contributed by atoms with van der Waals surface area (Å²) in [5.74, 6) is 0.644. The van der Waals surface area contributed by atoms with Crippen molar-refractivity contribution in [2.45, 2.75) is 44.6 Å². The fourth-order valence-corrected chi connectivity index (χ4v) is 3.58. The van der Waals surface area contributed by atoms with E-state index >= 15 is 0 Å². The van der Waals surface area contributed by atoms with Crippen LogP contribution in [0.25, 0.3) is 0 Å². The van der Waals surface area contributed by atoms with Crippen molar-refractivity contribution in [1.82, 2.24) is 4.90 Å². The van der Waals surface area contributed by atoms with Crippen molar-refractivity contribution in [3.8, 4) is 0 Å². The molecule has 1 saturated heterocycles. The Bertz CT molecular complexity index is 481. The summed E-state index contributed by atoms with van der Waals surface area (Å²) >= 11 is 0. The largest absolute Gasteiger partial charge is 0.340 e. The zero-order valence-electron chi connectivity index (χ0n) is 12.2. The number of hydrogen-bond donors (Lipinski definition) is 1. The van der Waals surface area contributed by atoms with Crippen molar-refractivity contribution in [2.75, 3.05) is 13.1 Å². The van der Waals surface area contributed by atoms with Crippen molar-refractivity contribution in [2.24, 2.45) is 11.1 Å². The fourth-order valence-electron chi connectivity index (χ4n) is 3.58. The second kappa shape index (κ2) is 5.21. The van der Waals surface area contributed by atoms with Gasteiger partial charge in [0.2, 0.25) is 5.91 Å². The van der Waals surface area contributed by atoms with E-state index in [1.54, 1.807) is 0 Å². The van der Waals surface area contributed by atoms with Gasteiger partial charge in [0.1, 0.15) is 0 Å². The van der Waals surface area contributed by atoms with Crippen molar-refractivity contribution >= 4 is 5.91 Å². The number of nitrogens with two attached hydrogens (primary N) is 1. The third-order valence-electron chi connectivity index (χ3n) is 4.92. The van der Waals surface area contributed by atoms with Gasteiger partial charge in [-0.1, -0.05) is 43.7 Å². The molecule has 3 rings (SSSR count). The molecule has 2 fully saturated rings.